The van der Waals surface area contributed by atoms with E-state index in [9.17, 15) is 5.11 Å². The van der Waals surface area contributed by atoms with Crippen molar-refractivity contribution < 1.29 is 9.84 Å². The second-order valence-electron chi connectivity index (χ2n) is 6.00. The quantitative estimate of drug-likeness (QED) is 0.813. The molecule has 3 unspecified atom stereocenters. The Bertz CT molecular complexity index is 390. The molecule has 1 fully saturated rings. The fraction of sp³-hybridized carbons (Fsp3) is 0.647. The molecule has 0 radical (unpaired) electrons. The predicted octanol–water partition coefficient (Wildman–Crippen LogP) is 3.05. The number of aryl methyl sites for hydroxylation is 1. The third-order valence-corrected chi connectivity index (χ3v) is 4.00. The number of hydrogen-bond acceptors (Lipinski definition) is 3. The number of hydrogen-bond donors (Lipinski definition) is 2. The van der Waals surface area contributed by atoms with Crippen LogP contribution in [0.25, 0.3) is 0 Å². The van der Waals surface area contributed by atoms with Crippen molar-refractivity contribution in [2.24, 2.45) is 0 Å². The van der Waals surface area contributed by atoms with Gasteiger partial charge in [-0.25, -0.2) is 0 Å². The van der Waals surface area contributed by atoms with Crippen LogP contribution >= 0.6 is 0 Å². The molecule has 1 saturated carbocycles. The standard InChI is InChI=1S/C17H27NO2/c1-13-8-10-15(11-9-13)20-12-14(2)18-16-6-4-3-5-7-17(16)19/h8-11,14,16-19H,3-7,12H2,1-2H3. The molecule has 3 heteroatoms. The van der Waals surface area contributed by atoms with Gasteiger partial charge in [-0.1, -0.05) is 37.0 Å². The molecule has 1 aliphatic carbocycles. The predicted molar refractivity (Wildman–Crippen MR) is 82.2 cm³/mol. The first kappa shape index (κ1) is 15.3. The first-order chi connectivity index (χ1) is 9.65. The lowest BCUT2D eigenvalue weighted by Gasteiger charge is -2.26. The maximum atomic E-state index is 10.1. The Hall–Kier alpha value is -1.06. The van der Waals surface area contributed by atoms with Crippen molar-refractivity contribution in [2.75, 3.05) is 6.61 Å². The minimum absolute atomic E-state index is 0.209. The molecule has 2 rings (SSSR count). The molecule has 0 amide bonds. The van der Waals surface area contributed by atoms with E-state index in [1.807, 2.05) is 12.1 Å². The summed E-state index contributed by atoms with van der Waals surface area (Å²) in [6.07, 6.45) is 5.37. The van der Waals surface area contributed by atoms with Crippen LogP contribution in [0.1, 0.15) is 44.6 Å². The highest BCUT2D eigenvalue weighted by atomic mass is 16.5. The fourth-order valence-electron chi connectivity index (χ4n) is 2.75. The average molecular weight is 277 g/mol. The lowest BCUT2D eigenvalue weighted by Crippen LogP contribution is -2.46. The summed E-state index contributed by atoms with van der Waals surface area (Å²) in [7, 11) is 0. The summed E-state index contributed by atoms with van der Waals surface area (Å²) in [5.74, 6) is 0.908. The van der Waals surface area contributed by atoms with Gasteiger partial charge in [0.15, 0.2) is 0 Å². The van der Waals surface area contributed by atoms with Gasteiger partial charge in [0, 0.05) is 12.1 Å². The highest BCUT2D eigenvalue weighted by Crippen LogP contribution is 2.18. The van der Waals surface area contributed by atoms with E-state index in [0.717, 1.165) is 25.0 Å². The van der Waals surface area contributed by atoms with E-state index in [1.165, 1.54) is 18.4 Å². The van der Waals surface area contributed by atoms with Gasteiger partial charge in [0.2, 0.25) is 0 Å². The molecule has 0 aromatic heterocycles. The summed E-state index contributed by atoms with van der Waals surface area (Å²) < 4.78 is 5.79. The van der Waals surface area contributed by atoms with Gasteiger partial charge in [0.25, 0.3) is 0 Å². The van der Waals surface area contributed by atoms with E-state index in [2.05, 4.69) is 31.3 Å². The lowest BCUT2D eigenvalue weighted by atomic mass is 10.1. The molecule has 1 aromatic carbocycles. The van der Waals surface area contributed by atoms with Crippen LogP contribution in [0, 0.1) is 6.92 Å². The molecule has 3 atom stereocenters. The zero-order valence-corrected chi connectivity index (χ0v) is 12.6. The normalized spacial score (nSPS) is 24.9. The van der Waals surface area contributed by atoms with Gasteiger partial charge in [0.1, 0.15) is 12.4 Å². The summed E-state index contributed by atoms with van der Waals surface area (Å²) in [6.45, 7) is 4.82. The Kier molecular flexibility index (Phi) is 5.86. The summed E-state index contributed by atoms with van der Waals surface area (Å²) in [5.41, 5.74) is 1.24. The highest BCUT2D eigenvalue weighted by Gasteiger charge is 2.22. The largest absolute Gasteiger partial charge is 0.492 e. The fourth-order valence-corrected chi connectivity index (χ4v) is 2.75. The summed E-state index contributed by atoms with van der Waals surface area (Å²) in [4.78, 5) is 0. The molecular weight excluding hydrogens is 250 g/mol. The lowest BCUT2D eigenvalue weighted by molar-refractivity contribution is 0.109. The van der Waals surface area contributed by atoms with Crippen LogP contribution in [-0.4, -0.2) is 29.9 Å². The third-order valence-electron chi connectivity index (χ3n) is 4.00. The maximum absolute atomic E-state index is 10.1. The van der Waals surface area contributed by atoms with Gasteiger partial charge in [0.05, 0.1) is 6.10 Å². The molecule has 0 spiro atoms. The SMILES string of the molecule is Cc1ccc(OCC(C)NC2CCCCCC2O)cc1. The van der Waals surface area contributed by atoms with Crippen LogP contribution in [0.3, 0.4) is 0 Å². The number of rotatable bonds is 5. The molecule has 0 heterocycles. The molecule has 0 saturated heterocycles. The first-order valence-corrected chi connectivity index (χ1v) is 7.79. The number of nitrogens with one attached hydrogen (secondary N) is 1. The monoisotopic (exact) mass is 277 g/mol. The molecule has 3 nitrogen and oxygen atoms in total. The zero-order valence-electron chi connectivity index (χ0n) is 12.6. The van der Waals surface area contributed by atoms with Gasteiger partial charge < -0.3 is 15.2 Å². The van der Waals surface area contributed by atoms with Crippen LogP contribution in [0.15, 0.2) is 24.3 Å². The van der Waals surface area contributed by atoms with E-state index in [4.69, 9.17) is 4.74 Å². The Labute approximate surface area is 122 Å². The van der Waals surface area contributed by atoms with E-state index in [-0.39, 0.29) is 18.2 Å². The Balaban J connectivity index is 1.76. The van der Waals surface area contributed by atoms with E-state index >= 15 is 0 Å². The van der Waals surface area contributed by atoms with E-state index in [0.29, 0.717) is 6.61 Å². The van der Waals surface area contributed by atoms with Crippen molar-refractivity contribution in [1.29, 1.82) is 0 Å². The molecule has 0 aliphatic heterocycles. The summed E-state index contributed by atoms with van der Waals surface area (Å²) in [6, 6.07) is 8.58. The van der Waals surface area contributed by atoms with E-state index < -0.39 is 0 Å². The Morgan fingerprint density at radius 3 is 2.65 bits per heavy atom. The molecule has 1 aromatic rings. The minimum atomic E-state index is -0.209. The smallest absolute Gasteiger partial charge is 0.119 e. The average Bonchev–Trinajstić information content (AvgIpc) is 2.64. The van der Waals surface area contributed by atoms with Crippen molar-refractivity contribution in [2.45, 2.75) is 64.1 Å². The number of ether oxygens (including phenoxy) is 1. The summed E-state index contributed by atoms with van der Waals surface area (Å²) >= 11 is 0. The van der Waals surface area contributed by atoms with Crippen LogP contribution in [0.5, 0.6) is 5.75 Å². The minimum Gasteiger partial charge on any atom is -0.492 e. The molecule has 2 N–H and O–H groups in total. The van der Waals surface area contributed by atoms with Crippen molar-refractivity contribution in [3.05, 3.63) is 29.8 Å². The van der Waals surface area contributed by atoms with Crippen LogP contribution in [0.4, 0.5) is 0 Å². The molecule has 1 aliphatic rings. The van der Waals surface area contributed by atoms with Gasteiger partial charge in [-0.3, -0.25) is 0 Å². The topological polar surface area (TPSA) is 41.5 Å². The molecule has 0 bridgehead atoms. The van der Waals surface area contributed by atoms with E-state index in [1.54, 1.807) is 0 Å². The highest BCUT2D eigenvalue weighted by molar-refractivity contribution is 5.26. The second-order valence-corrected chi connectivity index (χ2v) is 6.00. The zero-order chi connectivity index (χ0) is 14.4. The second kappa shape index (κ2) is 7.65. The molecule has 20 heavy (non-hydrogen) atoms. The number of benzene rings is 1. The number of aliphatic hydroxyl groups is 1. The van der Waals surface area contributed by atoms with Crippen LogP contribution < -0.4 is 10.1 Å². The van der Waals surface area contributed by atoms with Crippen LogP contribution in [-0.2, 0) is 0 Å². The Morgan fingerprint density at radius 1 is 1.20 bits per heavy atom. The van der Waals surface area contributed by atoms with Gasteiger partial charge in [-0.15, -0.1) is 0 Å². The first-order valence-electron chi connectivity index (χ1n) is 7.79. The van der Waals surface area contributed by atoms with Gasteiger partial charge >= 0.3 is 0 Å². The van der Waals surface area contributed by atoms with Crippen molar-refractivity contribution in [3.63, 3.8) is 0 Å². The van der Waals surface area contributed by atoms with Crippen molar-refractivity contribution in [1.82, 2.24) is 5.32 Å². The van der Waals surface area contributed by atoms with Gasteiger partial charge in [-0.2, -0.15) is 0 Å². The Morgan fingerprint density at radius 2 is 1.90 bits per heavy atom. The van der Waals surface area contributed by atoms with Crippen LogP contribution in [0.2, 0.25) is 0 Å². The summed E-state index contributed by atoms with van der Waals surface area (Å²) in [5, 5.41) is 13.6. The molecular formula is C17H27NO2. The van der Waals surface area contributed by atoms with Crippen molar-refractivity contribution >= 4 is 0 Å². The van der Waals surface area contributed by atoms with Gasteiger partial charge in [-0.05, 0) is 38.8 Å². The third kappa shape index (κ3) is 4.80. The maximum Gasteiger partial charge on any atom is 0.119 e. The molecule has 112 valence electrons. The number of aliphatic hydroxyl groups excluding tert-OH is 1. The van der Waals surface area contributed by atoms with Crippen molar-refractivity contribution in [3.8, 4) is 5.75 Å².